The molecule has 250 valence electrons. The summed E-state index contributed by atoms with van der Waals surface area (Å²) in [6.45, 7) is 11.9. The molecule has 1 fully saturated rings. The third-order valence-electron chi connectivity index (χ3n) is 9.10. The van der Waals surface area contributed by atoms with Gasteiger partial charge in [-0.15, -0.1) is 0 Å². The van der Waals surface area contributed by atoms with E-state index >= 15 is 0 Å². The summed E-state index contributed by atoms with van der Waals surface area (Å²) in [5.41, 5.74) is 6.06. The molecule has 0 heterocycles. The number of aryl methyl sites for hydroxylation is 1. The van der Waals surface area contributed by atoms with Crippen LogP contribution in [0.3, 0.4) is 0 Å². The van der Waals surface area contributed by atoms with E-state index in [1.165, 1.54) is 62.5 Å². The molecule has 1 amide bonds. The first-order valence-electron chi connectivity index (χ1n) is 16.7. The largest absolute Gasteiger partial charge is 0.480 e. The van der Waals surface area contributed by atoms with Gasteiger partial charge >= 0.3 is 5.97 Å². The number of benzene rings is 2. The lowest BCUT2D eigenvalue weighted by Gasteiger charge is -2.38. The Bertz CT molecular complexity index is 1230. The zero-order valence-electron chi connectivity index (χ0n) is 28.0. The number of unbranched alkanes of at least 4 members (excludes halogenated alkanes) is 1. The van der Waals surface area contributed by atoms with Gasteiger partial charge in [0.25, 0.3) is 5.91 Å². The molecule has 2 aromatic rings. The third kappa shape index (κ3) is 12.3. The molecule has 2 N–H and O–H groups in total. The summed E-state index contributed by atoms with van der Waals surface area (Å²) < 4.78 is 0. The highest BCUT2D eigenvalue weighted by Gasteiger charge is 2.27. The lowest BCUT2D eigenvalue weighted by atomic mass is 9.83. The number of carboxylic acids is 1. The highest BCUT2D eigenvalue weighted by Crippen LogP contribution is 2.33. The number of hydrogen-bond acceptors (Lipinski definition) is 4. The fourth-order valence-corrected chi connectivity index (χ4v) is 7.10. The van der Waals surface area contributed by atoms with Crippen molar-refractivity contribution in [2.45, 2.75) is 131 Å². The Balaban J connectivity index is 0.00000705. The quantitative estimate of drug-likeness (QED) is 0.134. The second-order valence-electron chi connectivity index (χ2n) is 13.2. The highest BCUT2D eigenvalue weighted by atomic mass is 32.2. The fraction of sp³-hybridized carbons (Fsp3) is 0.590. The van der Waals surface area contributed by atoms with E-state index in [9.17, 15) is 14.7 Å². The first-order chi connectivity index (χ1) is 21.1. The van der Waals surface area contributed by atoms with Crippen molar-refractivity contribution in [1.29, 1.82) is 0 Å². The van der Waals surface area contributed by atoms with Gasteiger partial charge in [-0.25, -0.2) is 4.79 Å². The van der Waals surface area contributed by atoms with Crippen LogP contribution >= 0.6 is 11.8 Å². The average molecular weight is 637 g/mol. The molecule has 0 radical (unpaired) electrons. The first kappa shape index (κ1) is 38.6. The summed E-state index contributed by atoms with van der Waals surface area (Å²) in [5, 5.41) is 12.6. The van der Waals surface area contributed by atoms with E-state index < -0.39 is 12.0 Å². The van der Waals surface area contributed by atoms with Gasteiger partial charge in [-0.3, -0.25) is 9.69 Å². The molecule has 6 heteroatoms. The maximum Gasteiger partial charge on any atom is 0.326 e. The third-order valence-corrected chi connectivity index (χ3v) is 9.74. The maximum absolute atomic E-state index is 13.6. The van der Waals surface area contributed by atoms with Gasteiger partial charge in [0.1, 0.15) is 6.04 Å². The predicted octanol–water partition coefficient (Wildman–Crippen LogP) is 9.92. The van der Waals surface area contributed by atoms with Gasteiger partial charge in [-0.1, -0.05) is 81.5 Å². The van der Waals surface area contributed by atoms with Gasteiger partial charge in [-0.2, -0.15) is 11.8 Å². The summed E-state index contributed by atoms with van der Waals surface area (Å²) in [4.78, 5) is 28.2. The van der Waals surface area contributed by atoms with Crippen LogP contribution in [0.5, 0.6) is 0 Å². The van der Waals surface area contributed by atoms with Crippen molar-refractivity contribution in [2.24, 2.45) is 5.92 Å². The number of carbonyl (C=O) groups is 2. The van der Waals surface area contributed by atoms with Gasteiger partial charge in [-0.05, 0) is 119 Å². The molecule has 0 saturated heterocycles. The Labute approximate surface area is 278 Å². The van der Waals surface area contributed by atoms with Crippen LogP contribution in [-0.2, 0) is 11.3 Å². The molecule has 0 aliphatic heterocycles. The van der Waals surface area contributed by atoms with Gasteiger partial charge in [0.05, 0.1) is 0 Å². The number of hydrogen-bond donors (Lipinski definition) is 2. The predicted molar refractivity (Wildman–Crippen MR) is 194 cm³/mol. The van der Waals surface area contributed by atoms with Crippen molar-refractivity contribution in [1.82, 2.24) is 10.2 Å². The Morgan fingerprint density at radius 2 is 1.76 bits per heavy atom. The molecule has 3 rings (SSSR count). The van der Waals surface area contributed by atoms with Crippen LogP contribution in [0, 0.1) is 12.8 Å². The van der Waals surface area contributed by atoms with E-state index in [0.717, 1.165) is 35.6 Å². The van der Waals surface area contributed by atoms with Crippen LogP contribution in [0.4, 0.5) is 0 Å². The summed E-state index contributed by atoms with van der Waals surface area (Å²) in [7, 11) is 0. The molecular weight excluding hydrogens is 577 g/mol. The van der Waals surface area contributed by atoms with Gasteiger partial charge in [0.15, 0.2) is 0 Å². The SMILES string of the molecule is C.CSCC[C@H](NC(=O)c1ccc(CN(C(C)C)[C@@H](CCCC=C(C)C)CC2CCCCC2)cc1-c1ccccc1C)C(=O)O. The van der Waals surface area contributed by atoms with Crippen molar-refractivity contribution in [3.05, 3.63) is 70.8 Å². The molecule has 0 aromatic heterocycles. The van der Waals surface area contributed by atoms with Crippen molar-refractivity contribution in [3.8, 4) is 11.1 Å². The standard InChI is InChI=1S/C38H56N2O3S.CH4/c1-27(2)14-10-12-18-32(24-30-16-8-7-9-17-30)40(28(3)4)26-31-20-21-34(35(25-31)33-19-13-11-15-29(33)5)37(41)39-36(38(42)43)22-23-44-6;/h11,13-15,19-21,25,28,30,32,36H,7-10,12,16-18,22-24,26H2,1-6H3,(H,39,41)(H,42,43);1H4/t32-,36-;/m0./s1. The Hall–Kier alpha value is -2.57. The minimum atomic E-state index is -0.998. The van der Waals surface area contributed by atoms with E-state index in [1.54, 1.807) is 11.8 Å². The Morgan fingerprint density at radius 1 is 1.04 bits per heavy atom. The molecule has 1 saturated carbocycles. The number of amides is 1. The summed E-state index contributed by atoms with van der Waals surface area (Å²) >= 11 is 1.58. The van der Waals surface area contributed by atoms with Gasteiger partial charge < -0.3 is 10.4 Å². The number of carboxylic acid groups (broad SMARTS) is 1. The van der Waals surface area contributed by atoms with Crippen molar-refractivity contribution in [2.75, 3.05) is 12.0 Å². The highest BCUT2D eigenvalue weighted by molar-refractivity contribution is 7.98. The van der Waals surface area contributed by atoms with E-state index in [0.29, 0.717) is 29.8 Å². The van der Waals surface area contributed by atoms with E-state index in [4.69, 9.17) is 0 Å². The van der Waals surface area contributed by atoms with E-state index in [2.05, 4.69) is 75.2 Å². The van der Waals surface area contributed by atoms with Gasteiger partial charge in [0.2, 0.25) is 0 Å². The molecular formula is C39H60N2O3S. The van der Waals surface area contributed by atoms with Crippen molar-refractivity contribution < 1.29 is 14.7 Å². The number of thioether (sulfide) groups is 1. The Kier molecular flexibility index (Phi) is 17.0. The smallest absolute Gasteiger partial charge is 0.326 e. The second-order valence-corrected chi connectivity index (χ2v) is 14.2. The number of nitrogens with one attached hydrogen (secondary N) is 1. The normalized spacial score (nSPS) is 14.9. The zero-order chi connectivity index (χ0) is 32.1. The molecule has 5 nitrogen and oxygen atoms in total. The summed E-state index contributed by atoms with van der Waals surface area (Å²) in [5.74, 6) is 0.142. The van der Waals surface area contributed by atoms with Crippen LogP contribution in [0.25, 0.3) is 11.1 Å². The maximum atomic E-state index is 13.6. The molecule has 2 aromatic carbocycles. The Morgan fingerprint density at radius 3 is 2.38 bits per heavy atom. The van der Waals surface area contributed by atoms with Crippen LogP contribution in [0.2, 0.25) is 0 Å². The average Bonchev–Trinajstić information content (AvgIpc) is 2.99. The van der Waals surface area contributed by atoms with Crippen molar-refractivity contribution in [3.63, 3.8) is 0 Å². The first-order valence-corrected chi connectivity index (χ1v) is 18.1. The lowest BCUT2D eigenvalue weighted by Crippen LogP contribution is -2.42. The minimum absolute atomic E-state index is 0. The van der Waals surface area contributed by atoms with Crippen LogP contribution in [0.1, 0.15) is 121 Å². The number of rotatable bonds is 17. The minimum Gasteiger partial charge on any atom is -0.480 e. The van der Waals surface area contributed by atoms with E-state index in [-0.39, 0.29) is 13.3 Å². The molecule has 1 aliphatic carbocycles. The zero-order valence-corrected chi connectivity index (χ0v) is 28.8. The number of carbonyl (C=O) groups excluding carboxylic acids is 1. The molecule has 0 unspecified atom stereocenters. The topological polar surface area (TPSA) is 69.6 Å². The molecule has 2 atom stereocenters. The molecule has 1 aliphatic rings. The summed E-state index contributed by atoms with van der Waals surface area (Å²) in [6.07, 6.45) is 16.3. The lowest BCUT2D eigenvalue weighted by molar-refractivity contribution is -0.139. The number of aliphatic carboxylic acids is 1. The van der Waals surface area contributed by atoms with Gasteiger partial charge in [0, 0.05) is 24.2 Å². The molecule has 45 heavy (non-hydrogen) atoms. The number of nitrogens with zero attached hydrogens (tertiary/aromatic N) is 1. The van der Waals surface area contributed by atoms with Crippen LogP contribution in [-0.4, -0.2) is 52.0 Å². The van der Waals surface area contributed by atoms with Crippen LogP contribution in [0.15, 0.2) is 54.1 Å². The summed E-state index contributed by atoms with van der Waals surface area (Å²) in [6, 6.07) is 14.3. The fourth-order valence-electron chi connectivity index (χ4n) is 6.63. The van der Waals surface area contributed by atoms with Crippen molar-refractivity contribution >= 4 is 23.6 Å². The van der Waals surface area contributed by atoms with E-state index in [1.807, 2.05) is 24.5 Å². The van der Waals surface area contributed by atoms with Crippen LogP contribution < -0.4 is 5.32 Å². The molecule has 0 bridgehead atoms. The second kappa shape index (κ2) is 19.8. The number of allylic oxidation sites excluding steroid dienone is 2. The molecule has 0 spiro atoms. The monoisotopic (exact) mass is 636 g/mol.